The molecule has 0 aliphatic heterocycles. The van der Waals surface area contributed by atoms with Gasteiger partial charge in [0.1, 0.15) is 0 Å². The van der Waals surface area contributed by atoms with Crippen molar-refractivity contribution in [2.75, 3.05) is 20.6 Å². The van der Waals surface area contributed by atoms with Crippen LogP contribution < -0.4 is 5.73 Å². The highest BCUT2D eigenvalue weighted by Gasteiger charge is 2.05. The third kappa shape index (κ3) is 2.98. The molecule has 0 aliphatic carbocycles. The van der Waals surface area contributed by atoms with Crippen LogP contribution >= 0.6 is 11.6 Å². The Balaban J connectivity index is 2.82. The summed E-state index contributed by atoms with van der Waals surface area (Å²) in [5.41, 5.74) is 7.99. The summed E-state index contributed by atoms with van der Waals surface area (Å²) < 4.78 is 0. The molecule has 0 aromatic heterocycles. The first-order valence-corrected chi connectivity index (χ1v) is 5.14. The lowest BCUT2D eigenvalue weighted by Gasteiger charge is -2.13. The molecule has 0 spiro atoms. The van der Waals surface area contributed by atoms with Gasteiger partial charge in [0.15, 0.2) is 0 Å². The maximum atomic E-state index is 6.12. The van der Waals surface area contributed by atoms with Crippen LogP contribution in [-0.4, -0.2) is 25.5 Å². The summed E-state index contributed by atoms with van der Waals surface area (Å²) in [5, 5.41) is 0.829. The number of halogens is 1. The lowest BCUT2D eigenvalue weighted by Crippen LogP contribution is -2.16. The number of nitrogens with zero attached hydrogens (tertiary/aromatic N) is 1. The summed E-state index contributed by atoms with van der Waals surface area (Å²) in [5.74, 6) is 0. The number of nitrogens with two attached hydrogens (primary N) is 1. The van der Waals surface area contributed by atoms with Crippen molar-refractivity contribution in [2.45, 2.75) is 13.0 Å². The monoisotopic (exact) mass is 212 g/mol. The Bertz CT molecular complexity index is 297. The minimum Gasteiger partial charge on any atom is -0.326 e. The van der Waals surface area contributed by atoms with Crippen LogP contribution in [0.1, 0.15) is 11.1 Å². The van der Waals surface area contributed by atoms with Crippen LogP contribution in [0.15, 0.2) is 18.2 Å². The molecule has 3 heteroatoms. The van der Waals surface area contributed by atoms with Gasteiger partial charge in [0.2, 0.25) is 0 Å². The van der Waals surface area contributed by atoms with Crippen molar-refractivity contribution in [1.29, 1.82) is 0 Å². The molecule has 1 aromatic rings. The van der Waals surface area contributed by atoms with Gasteiger partial charge in [-0.2, -0.15) is 0 Å². The van der Waals surface area contributed by atoms with Crippen LogP contribution in [0.5, 0.6) is 0 Å². The fraction of sp³-hybridized carbons (Fsp3) is 0.455. The minimum atomic E-state index is 0.559. The molecular weight excluding hydrogens is 196 g/mol. The summed E-state index contributed by atoms with van der Waals surface area (Å²) in [6, 6.07) is 5.91. The van der Waals surface area contributed by atoms with Gasteiger partial charge in [0.25, 0.3) is 0 Å². The van der Waals surface area contributed by atoms with Gasteiger partial charge in [-0.1, -0.05) is 23.7 Å². The first kappa shape index (κ1) is 11.5. The molecule has 0 saturated carbocycles. The van der Waals surface area contributed by atoms with E-state index in [1.165, 1.54) is 5.56 Å². The summed E-state index contributed by atoms with van der Waals surface area (Å²) in [4.78, 5) is 2.14. The Morgan fingerprint density at radius 3 is 2.64 bits per heavy atom. The van der Waals surface area contributed by atoms with Crippen molar-refractivity contribution in [2.24, 2.45) is 5.73 Å². The van der Waals surface area contributed by atoms with Gasteiger partial charge < -0.3 is 10.6 Å². The van der Waals surface area contributed by atoms with Crippen LogP contribution in [0, 0.1) is 0 Å². The molecule has 0 aliphatic rings. The highest BCUT2D eigenvalue weighted by molar-refractivity contribution is 6.31. The van der Waals surface area contributed by atoms with Crippen LogP contribution in [0.3, 0.4) is 0 Å². The first-order chi connectivity index (χ1) is 6.65. The standard InChI is InChI=1S/C11H17ClN2/c1-14(2)7-6-10-9(8-13)4-3-5-11(10)12/h3-5H,6-8,13H2,1-2H3. The van der Waals surface area contributed by atoms with Crippen molar-refractivity contribution in [3.63, 3.8) is 0 Å². The van der Waals surface area contributed by atoms with Gasteiger partial charge in [-0.25, -0.2) is 0 Å². The van der Waals surface area contributed by atoms with E-state index in [4.69, 9.17) is 17.3 Å². The van der Waals surface area contributed by atoms with Crippen LogP contribution in [0.25, 0.3) is 0 Å². The molecule has 0 unspecified atom stereocenters. The van der Waals surface area contributed by atoms with E-state index in [0.29, 0.717) is 6.54 Å². The number of hydrogen-bond acceptors (Lipinski definition) is 2. The maximum Gasteiger partial charge on any atom is 0.0441 e. The van der Waals surface area contributed by atoms with Crippen molar-refractivity contribution in [3.8, 4) is 0 Å². The van der Waals surface area contributed by atoms with E-state index >= 15 is 0 Å². The van der Waals surface area contributed by atoms with Gasteiger partial charge in [-0.3, -0.25) is 0 Å². The van der Waals surface area contributed by atoms with Gasteiger partial charge in [0.05, 0.1) is 0 Å². The molecule has 0 amide bonds. The van der Waals surface area contributed by atoms with Gasteiger partial charge in [-0.05, 0) is 37.7 Å². The lowest BCUT2D eigenvalue weighted by atomic mass is 10.0. The Morgan fingerprint density at radius 1 is 1.36 bits per heavy atom. The molecule has 1 aromatic carbocycles. The zero-order valence-corrected chi connectivity index (χ0v) is 9.51. The molecule has 1 rings (SSSR count). The highest BCUT2D eigenvalue weighted by Crippen LogP contribution is 2.20. The van der Waals surface area contributed by atoms with E-state index in [1.54, 1.807) is 0 Å². The van der Waals surface area contributed by atoms with E-state index in [2.05, 4.69) is 19.0 Å². The zero-order chi connectivity index (χ0) is 10.6. The third-order valence-corrected chi connectivity index (χ3v) is 2.60. The van der Waals surface area contributed by atoms with Crippen LogP contribution in [-0.2, 0) is 13.0 Å². The highest BCUT2D eigenvalue weighted by atomic mass is 35.5. The fourth-order valence-electron chi connectivity index (χ4n) is 1.41. The summed E-state index contributed by atoms with van der Waals surface area (Å²) in [6.07, 6.45) is 0.958. The predicted molar refractivity (Wildman–Crippen MR) is 61.6 cm³/mol. The SMILES string of the molecule is CN(C)CCc1c(Cl)cccc1CN. The summed E-state index contributed by atoms with van der Waals surface area (Å²) in [7, 11) is 4.11. The second-order valence-electron chi connectivity index (χ2n) is 3.63. The average molecular weight is 213 g/mol. The molecule has 0 atom stereocenters. The molecule has 78 valence electrons. The molecule has 2 N–H and O–H groups in total. The van der Waals surface area contributed by atoms with Crippen molar-refractivity contribution in [1.82, 2.24) is 4.90 Å². The van der Waals surface area contributed by atoms with Gasteiger partial charge in [-0.15, -0.1) is 0 Å². The molecule has 0 radical (unpaired) electrons. The Morgan fingerprint density at radius 2 is 2.07 bits per heavy atom. The number of hydrogen-bond donors (Lipinski definition) is 1. The summed E-state index contributed by atoms with van der Waals surface area (Å²) in [6.45, 7) is 1.56. The second kappa shape index (κ2) is 5.35. The Hall–Kier alpha value is -0.570. The minimum absolute atomic E-state index is 0.559. The lowest BCUT2D eigenvalue weighted by molar-refractivity contribution is 0.413. The number of benzene rings is 1. The summed E-state index contributed by atoms with van der Waals surface area (Å²) >= 11 is 6.12. The molecule has 0 heterocycles. The van der Waals surface area contributed by atoms with Crippen LogP contribution in [0.4, 0.5) is 0 Å². The van der Waals surface area contributed by atoms with E-state index in [1.807, 2.05) is 18.2 Å². The topological polar surface area (TPSA) is 29.3 Å². The molecule has 14 heavy (non-hydrogen) atoms. The fourth-order valence-corrected chi connectivity index (χ4v) is 1.70. The van der Waals surface area contributed by atoms with Crippen molar-refractivity contribution >= 4 is 11.6 Å². The molecule has 0 bridgehead atoms. The Labute approximate surface area is 90.7 Å². The zero-order valence-electron chi connectivity index (χ0n) is 8.76. The molecule has 0 saturated heterocycles. The quantitative estimate of drug-likeness (QED) is 0.826. The van der Waals surface area contributed by atoms with E-state index in [9.17, 15) is 0 Å². The van der Waals surface area contributed by atoms with E-state index in [0.717, 1.165) is 23.6 Å². The van der Waals surface area contributed by atoms with Gasteiger partial charge >= 0.3 is 0 Å². The maximum absolute atomic E-state index is 6.12. The number of rotatable bonds is 4. The molecule has 2 nitrogen and oxygen atoms in total. The Kier molecular flexibility index (Phi) is 4.39. The van der Waals surface area contributed by atoms with Crippen molar-refractivity contribution < 1.29 is 0 Å². The first-order valence-electron chi connectivity index (χ1n) is 4.76. The smallest absolute Gasteiger partial charge is 0.0441 e. The number of likely N-dealkylation sites (N-methyl/N-ethyl adjacent to an activating group) is 1. The van der Waals surface area contributed by atoms with Crippen LogP contribution in [0.2, 0.25) is 5.02 Å². The average Bonchev–Trinajstić information content (AvgIpc) is 2.15. The third-order valence-electron chi connectivity index (χ3n) is 2.24. The van der Waals surface area contributed by atoms with E-state index in [-0.39, 0.29) is 0 Å². The molecular formula is C11H17ClN2. The predicted octanol–water partition coefficient (Wildman–Crippen LogP) is 1.90. The largest absolute Gasteiger partial charge is 0.326 e. The second-order valence-corrected chi connectivity index (χ2v) is 4.04. The normalized spacial score (nSPS) is 10.9. The van der Waals surface area contributed by atoms with Gasteiger partial charge in [0, 0.05) is 18.1 Å². The van der Waals surface area contributed by atoms with Crippen molar-refractivity contribution in [3.05, 3.63) is 34.3 Å². The van der Waals surface area contributed by atoms with E-state index < -0.39 is 0 Å². The molecule has 0 fully saturated rings.